The van der Waals surface area contributed by atoms with E-state index in [0.717, 1.165) is 23.1 Å². The standard InChI is InChI=1S/C21H21FN2O5S/c1-13-4-3-5-16-14(2)20(29-19(13)16)21(25)23-15-6-7-17(22)18(12-15)30(26,27)24-8-10-28-11-9-24/h3-7,12H,8-11H2,1-2H3,(H,23,25). The van der Waals surface area contributed by atoms with Gasteiger partial charge < -0.3 is 14.5 Å². The van der Waals surface area contributed by atoms with E-state index in [0.29, 0.717) is 11.1 Å². The van der Waals surface area contributed by atoms with Gasteiger partial charge in [0.05, 0.1) is 13.2 Å². The maximum absolute atomic E-state index is 14.4. The smallest absolute Gasteiger partial charge is 0.291 e. The van der Waals surface area contributed by atoms with Crippen LogP contribution < -0.4 is 5.32 Å². The predicted octanol–water partition coefficient (Wildman–Crippen LogP) is 3.46. The van der Waals surface area contributed by atoms with Gasteiger partial charge in [0.25, 0.3) is 5.91 Å². The molecule has 7 nitrogen and oxygen atoms in total. The minimum absolute atomic E-state index is 0.126. The van der Waals surface area contributed by atoms with Crippen molar-refractivity contribution in [1.29, 1.82) is 0 Å². The molecule has 1 saturated heterocycles. The zero-order chi connectivity index (χ0) is 21.5. The number of carbonyl (C=O) groups is 1. The molecule has 2 heterocycles. The van der Waals surface area contributed by atoms with Crippen LogP contribution in [0.15, 0.2) is 45.7 Å². The van der Waals surface area contributed by atoms with E-state index in [1.54, 1.807) is 6.92 Å². The highest BCUT2D eigenvalue weighted by Crippen LogP contribution is 2.29. The largest absolute Gasteiger partial charge is 0.450 e. The highest BCUT2D eigenvalue weighted by Gasteiger charge is 2.29. The fraction of sp³-hybridized carbons (Fsp3) is 0.286. The Labute approximate surface area is 173 Å². The normalized spacial score (nSPS) is 15.4. The molecule has 4 rings (SSSR count). The minimum atomic E-state index is -4.05. The molecule has 0 saturated carbocycles. The number of para-hydroxylation sites is 1. The van der Waals surface area contributed by atoms with Gasteiger partial charge in [-0.3, -0.25) is 4.79 Å². The van der Waals surface area contributed by atoms with Gasteiger partial charge in [-0.2, -0.15) is 4.31 Å². The number of nitrogens with one attached hydrogen (secondary N) is 1. The molecule has 158 valence electrons. The molecule has 1 amide bonds. The number of carbonyl (C=O) groups excluding carboxylic acids is 1. The number of morpholine rings is 1. The molecule has 0 radical (unpaired) electrons. The number of nitrogens with zero attached hydrogens (tertiary/aromatic N) is 1. The molecule has 0 aliphatic carbocycles. The molecule has 2 aromatic carbocycles. The van der Waals surface area contributed by atoms with Crippen molar-refractivity contribution in [2.24, 2.45) is 0 Å². The highest BCUT2D eigenvalue weighted by molar-refractivity contribution is 7.89. The Balaban J connectivity index is 1.64. The van der Waals surface area contributed by atoms with Crippen molar-refractivity contribution in [3.05, 3.63) is 59.1 Å². The number of ether oxygens (including phenoxy) is 1. The van der Waals surface area contributed by atoms with Gasteiger partial charge in [-0.05, 0) is 37.6 Å². The summed E-state index contributed by atoms with van der Waals surface area (Å²) < 4.78 is 52.1. The number of benzene rings is 2. The molecular weight excluding hydrogens is 411 g/mol. The molecule has 0 unspecified atom stereocenters. The van der Waals surface area contributed by atoms with E-state index in [4.69, 9.17) is 9.15 Å². The Hall–Kier alpha value is -2.75. The Kier molecular flexibility index (Phi) is 5.35. The molecule has 9 heteroatoms. The lowest BCUT2D eigenvalue weighted by Gasteiger charge is -2.26. The number of rotatable bonds is 4. The molecule has 0 atom stereocenters. The number of fused-ring (bicyclic) bond motifs is 1. The van der Waals surface area contributed by atoms with Gasteiger partial charge in [-0.15, -0.1) is 0 Å². The van der Waals surface area contributed by atoms with Gasteiger partial charge in [0, 0.05) is 29.7 Å². The summed E-state index contributed by atoms with van der Waals surface area (Å²) in [6.07, 6.45) is 0. The first kappa shape index (κ1) is 20.5. The first-order valence-electron chi connectivity index (χ1n) is 9.46. The third-order valence-corrected chi connectivity index (χ3v) is 7.06. The number of hydrogen-bond donors (Lipinski definition) is 1. The second-order valence-corrected chi connectivity index (χ2v) is 9.03. The average molecular weight is 432 g/mol. The average Bonchev–Trinajstić information content (AvgIpc) is 3.08. The van der Waals surface area contributed by atoms with Crippen molar-refractivity contribution in [1.82, 2.24) is 4.31 Å². The van der Waals surface area contributed by atoms with Crippen LogP contribution in [0.25, 0.3) is 11.0 Å². The van der Waals surface area contributed by atoms with Gasteiger partial charge >= 0.3 is 0 Å². The van der Waals surface area contributed by atoms with Crippen LogP contribution in [0.5, 0.6) is 0 Å². The van der Waals surface area contributed by atoms with Gasteiger partial charge in [-0.25, -0.2) is 12.8 Å². The molecular formula is C21H21FN2O5S. The summed E-state index contributed by atoms with van der Waals surface area (Å²) in [7, 11) is -4.05. The van der Waals surface area contributed by atoms with E-state index >= 15 is 0 Å². The lowest BCUT2D eigenvalue weighted by molar-refractivity contribution is 0.0729. The van der Waals surface area contributed by atoms with Crippen molar-refractivity contribution in [3.8, 4) is 0 Å². The molecule has 1 aliphatic rings. The zero-order valence-electron chi connectivity index (χ0n) is 16.6. The van der Waals surface area contributed by atoms with Gasteiger partial charge in [-0.1, -0.05) is 18.2 Å². The Morgan fingerprint density at radius 3 is 2.57 bits per heavy atom. The number of sulfonamides is 1. The van der Waals surface area contributed by atoms with Crippen molar-refractivity contribution in [2.45, 2.75) is 18.7 Å². The van der Waals surface area contributed by atoms with Crippen LogP contribution >= 0.6 is 0 Å². The number of furan rings is 1. The first-order chi connectivity index (χ1) is 14.3. The summed E-state index contributed by atoms with van der Waals surface area (Å²) in [4.78, 5) is 12.3. The topological polar surface area (TPSA) is 88.9 Å². The van der Waals surface area contributed by atoms with Gasteiger partial charge in [0.1, 0.15) is 16.3 Å². The molecule has 1 aromatic heterocycles. The van der Waals surface area contributed by atoms with Crippen LogP contribution in [0.3, 0.4) is 0 Å². The van der Waals surface area contributed by atoms with Crippen molar-refractivity contribution in [2.75, 3.05) is 31.6 Å². The first-order valence-corrected chi connectivity index (χ1v) is 10.9. The van der Waals surface area contributed by atoms with E-state index in [9.17, 15) is 17.6 Å². The van der Waals surface area contributed by atoms with Crippen LogP contribution in [-0.4, -0.2) is 44.9 Å². The summed E-state index contributed by atoms with van der Waals surface area (Å²) >= 11 is 0. The van der Waals surface area contributed by atoms with Crippen LogP contribution in [0.1, 0.15) is 21.7 Å². The summed E-state index contributed by atoms with van der Waals surface area (Å²) in [5.41, 5.74) is 2.35. The van der Waals surface area contributed by atoms with Gasteiger partial charge in [0.2, 0.25) is 10.0 Å². The van der Waals surface area contributed by atoms with Crippen molar-refractivity contribution < 1.29 is 26.8 Å². The molecule has 1 fully saturated rings. The number of anilines is 1. The number of aryl methyl sites for hydroxylation is 2. The fourth-order valence-corrected chi connectivity index (χ4v) is 4.99. The molecule has 1 aliphatic heterocycles. The molecule has 3 aromatic rings. The molecule has 0 spiro atoms. The van der Waals surface area contributed by atoms with Crippen LogP contribution in [0.4, 0.5) is 10.1 Å². The molecule has 0 bridgehead atoms. The van der Waals surface area contributed by atoms with E-state index in [1.165, 1.54) is 10.4 Å². The SMILES string of the molecule is Cc1c(C(=O)Nc2ccc(F)c(S(=O)(=O)N3CCOCC3)c2)oc2c(C)cccc12. The minimum Gasteiger partial charge on any atom is -0.450 e. The Bertz CT molecular complexity index is 1230. The zero-order valence-corrected chi connectivity index (χ0v) is 17.4. The second kappa shape index (κ2) is 7.82. The summed E-state index contributed by atoms with van der Waals surface area (Å²) in [6, 6.07) is 9.10. The maximum Gasteiger partial charge on any atom is 0.291 e. The lowest BCUT2D eigenvalue weighted by atomic mass is 10.1. The van der Waals surface area contributed by atoms with E-state index in [-0.39, 0.29) is 37.8 Å². The maximum atomic E-state index is 14.4. The monoisotopic (exact) mass is 432 g/mol. The Morgan fingerprint density at radius 1 is 1.13 bits per heavy atom. The van der Waals surface area contributed by atoms with E-state index in [2.05, 4.69) is 5.32 Å². The van der Waals surface area contributed by atoms with Crippen molar-refractivity contribution >= 4 is 32.6 Å². The van der Waals surface area contributed by atoms with Crippen LogP contribution in [0.2, 0.25) is 0 Å². The summed E-state index contributed by atoms with van der Waals surface area (Å²) in [5.74, 6) is -1.29. The van der Waals surface area contributed by atoms with Crippen LogP contribution in [-0.2, 0) is 14.8 Å². The van der Waals surface area contributed by atoms with Crippen LogP contribution in [0, 0.1) is 19.7 Å². The molecule has 30 heavy (non-hydrogen) atoms. The lowest BCUT2D eigenvalue weighted by Crippen LogP contribution is -2.40. The number of amides is 1. The summed E-state index contributed by atoms with van der Waals surface area (Å²) in [5, 5.41) is 3.44. The number of hydrogen-bond acceptors (Lipinski definition) is 5. The van der Waals surface area contributed by atoms with Gasteiger partial charge in [0.15, 0.2) is 5.76 Å². The van der Waals surface area contributed by atoms with E-state index in [1.807, 2.05) is 25.1 Å². The number of halogens is 1. The Morgan fingerprint density at radius 2 is 1.87 bits per heavy atom. The van der Waals surface area contributed by atoms with E-state index < -0.39 is 26.6 Å². The third kappa shape index (κ3) is 3.60. The molecule has 1 N–H and O–H groups in total. The quantitative estimate of drug-likeness (QED) is 0.682. The summed E-state index contributed by atoms with van der Waals surface area (Å²) in [6.45, 7) is 4.46. The predicted molar refractivity (Wildman–Crippen MR) is 110 cm³/mol. The van der Waals surface area contributed by atoms with Crippen molar-refractivity contribution in [3.63, 3.8) is 0 Å². The second-order valence-electron chi connectivity index (χ2n) is 7.12. The highest BCUT2D eigenvalue weighted by atomic mass is 32.2. The third-order valence-electron chi connectivity index (χ3n) is 5.14. The fourth-order valence-electron chi connectivity index (χ4n) is 3.49.